The van der Waals surface area contributed by atoms with Crippen LogP contribution >= 0.6 is 0 Å². The van der Waals surface area contributed by atoms with Crippen molar-refractivity contribution in [1.29, 1.82) is 0 Å². The third-order valence-electron chi connectivity index (χ3n) is 5.15. The van der Waals surface area contributed by atoms with Gasteiger partial charge in [0.25, 0.3) is 0 Å². The molecular formula is C22H25N3O4S. The minimum Gasteiger partial charge on any atom is -0.376 e. The van der Waals surface area contributed by atoms with E-state index in [1.807, 2.05) is 30.3 Å². The zero-order valence-corrected chi connectivity index (χ0v) is 17.5. The predicted octanol–water partition coefficient (Wildman–Crippen LogP) is 3.74. The zero-order chi connectivity index (χ0) is 20.8. The maximum Gasteiger partial charge on any atom is 0.245 e. The number of hydrogen-bond donors (Lipinski definition) is 0. The summed E-state index contributed by atoms with van der Waals surface area (Å²) in [5, 5.41) is 4.04. The molecule has 0 bridgehead atoms. The van der Waals surface area contributed by atoms with E-state index in [0.29, 0.717) is 44.3 Å². The summed E-state index contributed by atoms with van der Waals surface area (Å²) in [6, 6.07) is 18.0. The number of piperidine rings is 1. The lowest BCUT2D eigenvalue weighted by molar-refractivity contribution is 0.122. The predicted molar refractivity (Wildman–Crippen MR) is 111 cm³/mol. The largest absolute Gasteiger partial charge is 0.376 e. The first-order valence-corrected chi connectivity index (χ1v) is 11.6. The highest BCUT2D eigenvalue weighted by molar-refractivity contribution is 7.89. The molecule has 0 aliphatic carbocycles. The van der Waals surface area contributed by atoms with Crippen molar-refractivity contribution in [2.24, 2.45) is 0 Å². The summed E-state index contributed by atoms with van der Waals surface area (Å²) >= 11 is 0. The van der Waals surface area contributed by atoms with E-state index in [0.717, 1.165) is 18.4 Å². The molecule has 8 heteroatoms. The van der Waals surface area contributed by atoms with Crippen LogP contribution in [-0.4, -0.2) is 36.0 Å². The lowest BCUT2D eigenvalue weighted by Crippen LogP contribution is -2.38. The van der Waals surface area contributed by atoms with Gasteiger partial charge in [-0.3, -0.25) is 0 Å². The normalized spacial score (nSPS) is 17.8. The van der Waals surface area contributed by atoms with Crippen molar-refractivity contribution in [2.45, 2.75) is 43.2 Å². The topological polar surface area (TPSA) is 85.5 Å². The number of nitrogens with zero attached hydrogens (tertiary/aromatic N) is 3. The molecule has 0 N–H and O–H groups in total. The van der Waals surface area contributed by atoms with Crippen LogP contribution in [0.3, 0.4) is 0 Å². The molecule has 0 spiro atoms. The maximum atomic E-state index is 13.1. The minimum atomic E-state index is -3.62. The van der Waals surface area contributed by atoms with Crippen LogP contribution in [0.1, 0.15) is 42.6 Å². The van der Waals surface area contributed by atoms with Crippen molar-refractivity contribution < 1.29 is 17.7 Å². The molecular weight excluding hydrogens is 402 g/mol. The summed E-state index contributed by atoms with van der Waals surface area (Å²) in [6.45, 7) is 1.43. The third-order valence-corrected chi connectivity index (χ3v) is 7.08. The number of ether oxygens (including phenoxy) is 1. The maximum absolute atomic E-state index is 13.1. The van der Waals surface area contributed by atoms with Crippen LogP contribution in [0.4, 0.5) is 0 Å². The molecule has 30 heavy (non-hydrogen) atoms. The van der Waals surface area contributed by atoms with Gasteiger partial charge in [-0.1, -0.05) is 60.1 Å². The number of benzene rings is 2. The lowest BCUT2D eigenvalue weighted by atomic mass is 10.1. The minimum absolute atomic E-state index is 0.283. The van der Waals surface area contributed by atoms with Crippen LogP contribution < -0.4 is 0 Å². The first-order chi connectivity index (χ1) is 14.6. The second-order valence-corrected chi connectivity index (χ2v) is 9.17. The molecule has 1 unspecified atom stereocenters. The Labute approximate surface area is 176 Å². The van der Waals surface area contributed by atoms with Gasteiger partial charge >= 0.3 is 0 Å². The summed E-state index contributed by atoms with van der Waals surface area (Å²) in [5.41, 5.74) is 1.11. The van der Waals surface area contributed by atoms with Crippen molar-refractivity contribution in [1.82, 2.24) is 14.4 Å². The van der Waals surface area contributed by atoms with Crippen molar-refractivity contribution >= 4 is 10.0 Å². The highest BCUT2D eigenvalue weighted by atomic mass is 32.2. The van der Waals surface area contributed by atoms with E-state index in [4.69, 9.17) is 9.26 Å². The van der Waals surface area contributed by atoms with Crippen LogP contribution in [0.25, 0.3) is 0 Å². The average molecular weight is 428 g/mol. The molecule has 1 aliphatic heterocycles. The molecule has 1 aromatic heterocycles. The van der Waals surface area contributed by atoms with Gasteiger partial charge in [-0.2, -0.15) is 9.29 Å². The molecule has 4 rings (SSSR count). The Morgan fingerprint density at radius 2 is 1.77 bits per heavy atom. The summed E-state index contributed by atoms with van der Waals surface area (Å²) in [5.74, 6) is 0.882. The molecule has 0 amide bonds. The number of sulfonamides is 1. The summed E-state index contributed by atoms with van der Waals surface area (Å²) < 4.78 is 38.9. The Morgan fingerprint density at radius 1 is 1.03 bits per heavy atom. The summed E-state index contributed by atoms with van der Waals surface area (Å²) in [6.07, 6.45) is 2.91. The number of hydrogen-bond acceptors (Lipinski definition) is 6. The van der Waals surface area contributed by atoms with Gasteiger partial charge in [0.1, 0.15) is 6.04 Å². The molecule has 0 saturated carbocycles. The molecule has 1 aliphatic rings. The molecule has 158 valence electrons. The first kappa shape index (κ1) is 20.7. The monoisotopic (exact) mass is 427 g/mol. The van der Waals surface area contributed by atoms with Gasteiger partial charge in [-0.05, 0) is 30.5 Å². The Hall–Kier alpha value is -2.55. The summed E-state index contributed by atoms with van der Waals surface area (Å²) in [4.78, 5) is 4.76. The van der Waals surface area contributed by atoms with Crippen LogP contribution in [-0.2, 0) is 27.8 Å². The zero-order valence-electron chi connectivity index (χ0n) is 16.7. The molecule has 1 fully saturated rings. The van der Waals surface area contributed by atoms with Crippen molar-refractivity contribution in [2.75, 3.05) is 13.2 Å². The second kappa shape index (κ2) is 9.51. The van der Waals surface area contributed by atoms with Crippen LogP contribution in [0.2, 0.25) is 0 Å². The Morgan fingerprint density at radius 3 is 2.53 bits per heavy atom. The molecule has 1 saturated heterocycles. The fraction of sp³-hybridized carbons (Fsp3) is 0.364. The highest BCUT2D eigenvalue weighted by Gasteiger charge is 2.37. The van der Waals surface area contributed by atoms with Gasteiger partial charge in [-0.25, -0.2) is 8.42 Å². The van der Waals surface area contributed by atoms with Gasteiger partial charge in [0.05, 0.1) is 18.1 Å². The SMILES string of the molecule is O=S(=O)(c1ccccc1)N1CCCCC1c1nc(CCOCc2ccccc2)no1. The van der Waals surface area contributed by atoms with E-state index in [1.54, 1.807) is 30.3 Å². The van der Waals surface area contributed by atoms with Crippen molar-refractivity contribution in [3.63, 3.8) is 0 Å². The van der Waals surface area contributed by atoms with Crippen LogP contribution in [0.15, 0.2) is 70.1 Å². The third kappa shape index (κ3) is 4.77. The summed E-state index contributed by atoms with van der Waals surface area (Å²) in [7, 11) is -3.62. The fourth-order valence-electron chi connectivity index (χ4n) is 3.60. The molecule has 2 aromatic carbocycles. The molecule has 1 atom stereocenters. The Bertz CT molecular complexity index is 1040. The van der Waals surface area contributed by atoms with E-state index >= 15 is 0 Å². The van der Waals surface area contributed by atoms with E-state index in [2.05, 4.69) is 10.1 Å². The van der Waals surface area contributed by atoms with E-state index < -0.39 is 16.1 Å². The van der Waals surface area contributed by atoms with Gasteiger partial charge in [-0.15, -0.1) is 0 Å². The second-order valence-electron chi connectivity index (χ2n) is 7.28. The van der Waals surface area contributed by atoms with E-state index in [1.165, 1.54) is 4.31 Å². The van der Waals surface area contributed by atoms with Crippen LogP contribution in [0, 0.1) is 0 Å². The van der Waals surface area contributed by atoms with E-state index in [9.17, 15) is 8.42 Å². The van der Waals surface area contributed by atoms with Crippen molar-refractivity contribution in [3.8, 4) is 0 Å². The lowest BCUT2D eigenvalue weighted by Gasteiger charge is -2.32. The van der Waals surface area contributed by atoms with Gasteiger partial charge in [0.2, 0.25) is 15.9 Å². The molecule has 3 aromatic rings. The molecule has 0 radical (unpaired) electrons. The van der Waals surface area contributed by atoms with Gasteiger partial charge in [0.15, 0.2) is 5.82 Å². The highest BCUT2D eigenvalue weighted by Crippen LogP contribution is 2.34. The fourth-order valence-corrected chi connectivity index (χ4v) is 5.27. The standard InChI is InChI=1S/C22H25N3O4S/c26-30(27,19-11-5-2-6-12-19)25-15-8-7-13-20(25)22-23-21(24-29-22)14-16-28-17-18-9-3-1-4-10-18/h1-6,9-12,20H,7-8,13-17H2. The van der Waals surface area contributed by atoms with E-state index in [-0.39, 0.29) is 4.90 Å². The first-order valence-electron chi connectivity index (χ1n) is 10.2. The Kier molecular flexibility index (Phi) is 6.56. The molecule has 2 heterocycles. The van der Waals surface area contributed by atoms with Gasteiger partial charge in [0, 0.05) is 13.0 Å². The number of rotatable bonds is 8. The quantitative estimate of drug-likeness (QED) is 0.509. The average Bonchev–Trinajstić information content (AvgIpc) is 3.27. The smallest absolute Gasteiger partial charge is 0.245 e. The Balaban J connectivity index is 1.41. The van der Waals surface area contributed by atoms with Gasteiger partial charge < -0.3 is 9.26 Å². The number of aromatic nitrogens is 2. The van der Waals surface area contributed by atoms with Crippen LogP contribution in [0.5, 0.6) is 0 Å². The van der Waals surface area contributed by atoms with Crippen molar-refractivity contribution in [3.05, 3.63) is 77.9 Å². The molecule has 7 nitrogen and oxygen atoms in total.